The van der Waals surface area contributed by atoms with Gasteiger partial charge in [0.1, 0.15) is 10.7 Å². The second-order valence-electron chi connectivity index (χ2n) is 4.28. The zero-order valence-electron chi connectivity index (χ0n) is 11.2. The first-order chi connectivity index (χ1) is 9.51. The number of terminal acetylenes is 1. The molecular formula is C14H14N4OS. The first-order valence-electron chi connectivity index (χ1n) is 5.83. The molecule has 2 aromatic rings. The maximum absolute atomic E-state index is 12.2. The Balaban J connectivity index is 2.22. The number of amides is 1. The summed E-state index contributed by atoms with van der Waals surface area (Å²) in [6, 6.07) is 7.07. The Morgan fingerprint density at radius 1 is 1.50 bits per heavy atom. The Hall–Kier alpha value is -2.52. The van der Waals surface area contributed by atoms with Gasteiger partial charge in [-0.05, 0) is 18.2 Å². The predicted octanol–water partition coefficient (Wildman–Crippen LogP) is 2.02. The molecule has 0 radical (unpaired) electrons. The smallest absolute Gasteiger partial charge is 0.269 e. The largest absolute Gasteiger partial charge is 0.382 e. The van der Waals surface area contributed by atoms with Crippen molar-refractivity contribution in [3.8, 4) is 12.3 Å². The van der Waals surface area contributed by atoms with E-state index in [1.165, 1.54) is 11.3 Å². The SMILES string of the molecule is C#Cc1cccc(NC(=O)c2sc(N(C)C)nc2N)c1. The Kier molecular flexibility index (Phi) is 3.91. The summed E-state index contributed by atoms with van der Waals surface area (Å²) >= 11 is 1.24. The minimum absolute atomic E-state index is 0.226. The van der Waals surface area contributed by atoms with E-state index in [0.717, 1.165) is 0 Å². The summed E-state index contributed by atoms with van der Waals surface area (Å²) in [6.45, 7) is 0. The fourth-order valence-corrected chi connectivity index (χ4v) is 2.35. The number of nitrogens with zero attached hydrogens (tertiary/aromatic N) is 2. The molecular weight excluding hydrogens is 272 g/mol. The van der Waals surface area contributed by atoms with Gasteiger partial charge in [-0.2, -0.15) is 0 Å². The van der Waals surface area contributed by atoms with Gasteiger partial charge in [0.2, 0.25) is 0 Å². The molecule has 0 spiro atoms. The van der Waals surface area contributed by atoms with Crippen molar-refractivity contribution in [3.63, 3.8) is 0 Å². The van der Waals surface area contributed by atoms with E-state index in [1.54, 1.807) is 29.2 Å². The molecule has 0 aliphatic carbocycles. The second-order valence-corrected chi connectivity index (χ2v) is 5.26. The van der Waals surface area contributed by atoms with Crippen LogP contribution in [0.15, 0.2) is 24.3 Å². The number of anilines is 3. The number of carbonyl (C=O) groups excluding carboxylic acids is 1. The summed E-state index contributed by atoms with van der Waals surface area (Å²) in [5.74, 6) is 2.46. The number of benzene rings is 1. The normalized spacial score (nSPS) is 9.85. The van der Waals surface area contributed by atoms with E-state index in [0.29, 0.717) is 21.3 Å². The van der Waals surface area contributed by atoms with Crippen molar-refractivity contribution in [1.82, 2.24) is 4.98 Å². The monoisotopic (exact) mass is 286 g/mol. The van der Waals surface area contributed by atoms with Crippen LogP contribution in [0.5, 0.6) is 0 Å². The van der Waals surface area contributed by atoms with Crippen LogP contribution in [0.25, 0.3) is 0 Å². The number of aromatic nitrogens is 1. The lowest BCUT2D eigenvalue weighted by molar-refractivity contribution is 0.103. The van der Waals surface area contributed by atoms with E-state index >= 15 is 0 Å². The van der Waals surface area contributed by atoms with Gasteiger partial charge in [-0.15, -0.1) is 6.42 Å². The number of nitrogens with two attached hydrogens (primary N) is 1. The van der Waals surface area contributed by atoms with Crippen molar-refractivity contribution < 1.29 is 4.79 Å². The van der Waals surface area contributed by atoms with Gasteiger partial charge in [-0.25, -0.2) is 4.98 Å². The highest BCUT2D eigenvalue weighted by molar-refractivity contribution is 7.18. The highest BCUT2D eigenvalue weighted by Gasteiger charge is 2.17. The Morgan fingerprint density at radius 3 is 2.85 bits per heavy atom. The maximum atomic E-state index is 12.2. The molecule has 5 nitrogen and oxygen atoms in total. The molecule has 0 saturated carbocycles. The zero-order valence-corrected chi connectivity index (χ0v) is 12.0. The topological polar surface area (TPSA) is 71.2 Å². The number of hydrogen-bond donors (Lipinski definition) is 2. The van der Waals surface area contributed by atoms with Crippen LogP contribution in [0.3, 0.4) is 0 Å². The van der Waals surface area contributed by atoms with Gasteiger partial charge >= 0.3 is 0 Å². The summed E-state index contributed by atoms with van der Waals surface area (Å²) < 4.78 is 0. The lowest BCUT2D eigenvalue weighted by Crippen LogP contribution is -2.12. The first kappa shape index (κ1) is 13.9. The minimum Gasteiger partial charge on any atom is -0.382 e. The highest BCUT2D eigenvalue weighted by Crippen LogP contribution is 2.27. The van der Waals surface area contributed by atoms with Crippen molar-refractivity contribution in [3.05, 3.63) is 34.7 Å². The zero-order chi connectivity index (χ0) is 14.7. The van der Waals surface area contributed by atoms with Crippen LogP contribution >= 0.6 is 11.3 Å². The highest BCUT2D eigenvalue weighted by atomic mass is 32.1. The standard InChI is InChI=1S/C14H14N4OS/c1-4-9-6-5-7-10(8-9)16-13(19)11-12(15)17-14(20-11)18(2)3/h1,5-8H,15H2,2-3H3,(H,16,19). The lowest BCUT2D eigenvalue weighted by atomic mass is 10.2. The number of carbonyl (C=O) groups is 1. The van der Waals surface area contributed by atoms with Gasteiger partial charge in [0.15, 0.2) is 5.13 Å². The molecule has 0 fully saturated rings. The number of thiazole rings is 1. The van der Waals surface area contributed by atoms with Gasteiger partial charge in [0.25, 0.3) is 5.91 Å². The number of nitrogens with one attached hydrogen (secondary N) is 1. The van der Waals surface area contributed by atoms with Crippen molar-refractivity contribution in [2.75, 3.05) is 30.0 Å². The quantitative estimate of drug-likeness (QED) is 0.847. The average molecular weight is 286 g/mol. The van der Waals surface area contributed by atoms with E-state index in [-0.39, 0.29) is 11.7 Å². The molecule has 20 heavy (non-hydrogen) atoms. The third kappa shape index (κ3) is 2.90. The fourth-order valence-electron chi connectivity index (χ4n) is 1.55. The molecule has 0 atom stereocenters. The molecule has 1 aromatic heterocycles. The third-order valence-corrected chi connectivity index (χ3v) is 3.76. The van der Waals surface area contributed by atoms with E-state index in [1.807, 2.05) is 14.1 Å². The number of nitrogen functional groups attached to an aromatic ring is 1. The van der Waals surface area contributed by atoms with Gasteiger partial charge < -0.3 is 16.0 Å². The van der Waals surface area contributed by atoms with E-state index in [4.69, 9.17) is 12.2 Å². The van der Waals surface area contributed by atoms with Crippen LogP contribution in [0.1, 0.15) is 15.2 Å². The molecule has 0 bridgehead atoms. The Bertz CT molecular complexity index is 685. The predicted molar refractivity (Wildman–Crippen MR) is 83.2 cm³/mol. The van der Waals surface area contributed by atoms with Crippen LogP contribution in [0.4, 0.5) is 16.6 Å². The molecule has 2 rings (SSSR count). The van der Waals surface area contributed by atoms with Crippen LogP contribution < -0.4 is 16.0 Å². The lowest BCUT2D eigenvalue weighted by Gasteiger charge is -2.05. The van der Waals surface area contributed by atoms with Crippen LogP contribution in [0.2, 0.25) is 0 Å². The molecule has 1 amide bonds. The van der Waals surface area contributed by atoms with Gasteiger partial charge in [0.05, 0.1) is 0 Å². The second kappa shape index (κ2) is 5.63. The first-order valence-corrected chi connectivity index (χ1v) is 6.64. The summed E-state index contributed by atoms with van der Waals surface area (Å²) in [7, 11) is 3.69. The summed E-state index contributed by atoms with van der Waals surface area (Å²) in [5, 5.41) is 3.45. The molecule has 6 heteroatoms. The van der Waals surface area contributed by atoms with Gasteiger partial charge in [-0.1, -0.05) is 23.3 Å². The molecule has 0 aliphatic heterocycles. The van der Waals surface area contributed by atoms with Crippen molar-refractivity contribution in [2.24, 2.45) is 0 Å². The van der Waals surface area contributed by atoms with Crippen molar-refractivity contribution in [2.45, 2.75) is 0 Å². The Labute approximate surface area is 121 Å². The van der Waals surface area contributed by atoms with Gasteiger partial charge in [-0.3, -0.25) is 4.79 Å². The Morgan fingerprint density at radius 2 is 2.25 bits per heavy atom. The molecule has 1 aromatic carbocycles. The molecule has 1 heterocycles. The van der Waals surface area contributed by atoms with Crippen molar-refractivity contribution >= 4 is 33.9 Å². The fraction of sp³-hybridized carbons (Fsp3) is 0.143. The molecule has 3 N–H and O–H groups in total. The third-order valence-electron chi connectivity index (χ3n) is 2.52. The number of rotatable bonds is 3. The molecule has 0 saturated heterocycles. The van der Waals surface area contributed by atoms with Crippen LogP contribution in [0, 0.1) is 12.3 Å². The summed E-state index contributed by atoms with van der Waals surface area (Å²) in [5.41, 5.74) is 7.10. The number of hydrogen-bond acceptors (Lipinski definition) is 5. The van der Waals surface area contributed by atoms with E-state index in [9.17, 15) is 4.79 Å². The molecule has 0 unspecified atom stereocenters. The minimum atomic E-state index is -0.290. The van der Waals surface area contributed by atoms with Crippen LogP contribution in [-0.2, 0) is 0 Å². The van der Waals surface area contributed by atoms with E-state index in [2.05, 4.69) is 16.2 Å². The molecule has 102 valence electrons. The summed E-state index contributed by atoms with van der Waals surface area (Å²) in [4.78, 5) is 18.5. The summed E-state index contributed by atoms with van der Waals surface area (Å²) in [6.07, 6.45) is 5.33. The van der Waals surface area contributed by atoms with Crippen LogP contribution in [-0.4, -0.2) is 25.0 Å². The van der Waals surface area contributed by atoms with Crippen molar-refractivity contribution in [1.29, 1.82) is 0 Å². The average Bonchev–Trinajstić information content (AvgIpc) is 2.81. The maximum Gasteiger partial charge on any atom is 0.269 e. The van der Waals surface area contributed by atoms with E-state index < -0.39 is 0 Å². The molecule has 0 aliphatic rings. The van der Waals surface area contributed by atoms with Gasteiger partial charge in [0, 0.05) is 25.3 Å².